The van der Waals surface area contributed by atoms with Crippen molar-refractivity contribution >= 4 is 153 Å². The summed E-state index contributed by atoms with van der Waals surface area (Å²) in [6, 6.07) is 51.5. The van der Waals surface area contributed by atoms with Crippen LogP contribution in [0.25, 0.3) is 0 Å². The van der Waals surface area contributed by atoms with E-state index in [4.69, 9.17) is 9.47 Å². The molecule has 480 valence electrons. The summed E-state index contributed by atoms with van der Waals surface area (Å²) in [7, 11) is -3.75. The lowest BCUT2D eigenvalue weighted by atomic mass is 10.2. The van der Waals surface area contributed by atoms with Crippen LogP contribution < -0.4 is 41.4 Å². The van der Waals surface area contributed by atoms with Crippen molar-refractivity contribution in [1.29, 1.82) is 0 Å². The van der Waals surface area contributed by atoms with Gasteiger partial charge in [0.15, 0.2) is 19.7 Å². The molecule has 26 nitrogen and oxygen atoms in total. The number of rotatable bonds is 26. The molecule has 34 heteroatoms. The van der Waals surface area contributed by atoms with Gasteiger partial charge >= 0.3 is 0 Å². The fraction of sp³-hybridized carbons (Fsp3) is 0.133. The third-order valence-electron chi connectivity index (χ3n) is 12.2. The SMILES string of the molecule is COc1ccc(Nc2nnc(CS(=O)(=O)Cc3nnc(Nc4ccc(OC)cc4)s3)s2)cc1.O=C(Nc1nnc(C/C=C\Cc2nnc(NC(=O)c3ccccc3)s2)s1)c1ccccc1.O=S(=O)(Cc1nnc(Nc2ccccc2)s1)Cc1nnc(Nc2ccccc2)s1. The van der Waals surface area contributed by atoms with Gasteiger partial charge in [-0.2, -0.15) is 0 Å². The van der Waals surface area contributed by atoms with Gasteiger partial charge in [-0.25, -0.2) is 16.8 Å². The first-order chi connectivity index (χ1) is 45.6. The summed E-state index contributed by atoms with van der Waals surface area (Å²) >= 11 is 7.47. The number of carbonyl (C=O) groups is 2. The van der Waals surface area contributed by atoms with Crippen molar-refractivity contribution in [2.24, 2.45) is 0 Å². The highest BCUT2D eigenvalue weighted by Crippen LogP contribution is 2.29. The molecule has 0 saturated heterocycles. The Morgan fingerprint density at radius 1 is 0.340 bits per heavy atom. The summed E-state index contributed by atoms with van der Waals surface area (Å²) in [5.41, 5.74) is 4.47. The number of nitrogens with one attached hydrogen (secondary N) is 6. The molecule has 2 amide bonds. The molecule has 6 aromatic heterocycles. The smallest absolute Gasteiger partial charge is 0.257 e. The number of methoxy groups -OCH3 is 2. The zero-order valence-electron chi connectivity index (χ0n) is 49.5. The Balaban J connectivity index is 0.000000154. The standard InChI is InChI=1S/C22H18N6O2S2.C20H20N6O4S3.C18H16N6O2S3/c29-19(15-9-3-1-4-10-15)23-21-27-25-17(31-21)13-7-8-14-18-26-28-22(32-18)24-20(30)16-11-5-2-6-12-16;1-29-15-7-3-13(4-8-15)21-19-25-23-17(31-19)11-33(27,28)12-18-24-26-20(32-18)22-14-5-9-16(30-2)10-6-14;25-29(26,11-15-21-23-17(27-15)19-13-7-3-1-4-8-13)12-16-22-24-18(28-16)20-14-9-5-2-6-10-14/h1-12H,13-14H2,(H,23,27,29)(H,24,28,30);3-10H,11-12H2,1-2H3,(H,21,25)(H,22,26);1-10H,11-12H2,(H,19,23)(H,20,24)/b8-7-;;. The van der Waals surface area contributed by atoms with Crippen molar-refractivity contribution in [3.8, 4) is 11.5 Å². The second-order valence-corrected chi connectivity index (χ2v) is 29.8. The maximum absolute atomic E-state index is 12.7. The molecule has 0 unspecified atom stereocenters. The van der Waals surface area contributed by atoms with E-state index >= 15 is 0 Å². The molecule has 0 atom stereocenters. The van der Waals surface area contributed by atoms with Crippen LogP contribution in [0.5, 0.6) is 11.5 Å². The zero-order chi connectivity index (χ0) is 65.5. The predicted molar refractivity (Wildman–Crippen MR) is 369 cm³/mol. The number of allylic oxidation sites excluding steroid dienone is 2. The maximum Gasteiger partial charge on any atom is 0.257 e. The Hall–Kier alpha value is -9.94. The minimum atomic E-state index is -3.50. The zero-order valence-corrected chi connectivity index (χ0v) is 56.0. The number of nitrogens with zero attached hydrogens (tertiary/aromatic N) is 12. The van der Waals surface area contributed by atoms with Crippen LogP contribution in [0.4, 0.5) is 53.5 Å². The Kier molecular flexibility index (Phi) is 23.6. The number of carbonyl (C=O) groups excluding carboxylic acids is 2. The summed E-state index contributed by atoms with van der Waals surface area (Å²) in [5, 5.41) is 72.5. The number of anilines is 10. The Morgan fingerprint density at radius 3 is 0.894 bits per heavy atom. The van der Waals surface area contributed by atoms with Crippen molar-refractivity contribution in [2.75, 3.05) is 46.1 Å². The van der Waals surface area contributed by atoms with E-state index in [2.05, 4.69) is 93.1 Å². The first kappa shape index (κ1) is 67.0. The molecule has 0 aliphatic rings. The van der Waals surface area contributed by atoms with Gasteiger partial charge in [-0.05, 0) is 97.1 Å². The van der Waals surface area contributed by atoms with E-state index in [1.807, 2.05) is 158 Å². The summed E-state index contributed by atoms with van der Waals surface area (Å²) in [6.07, 6.45) is 5.12. The van der Waals surface area contributed by atoms with E-state index in [0.29, 0.717) is 74.8 Å². The lowest BCUT2D eigenvalue weighted by molar-refractivity contribution is 0.101. The fourth-order valence-corrected chi connectivity index (χ4v) is 16.5. The van der Waals surface area contributed by atoms with E-state index in [1.165, 1.54) is 68.0 Å². The maximum atomic E-state index is 12.7. The van der Waals surface area contributed by atoms with Crippen molar-refractivity contribution < 1.29 is 35.9 Å². The number of ether oxygens (including phenoxy) is 2. The Bertz CT molecular complexity index is 4360. The van der Waals surface area contributed by atoms with Crippen molar-refractivity contribution in [3.05, 3.63) is 223 Å². The van der Waals surface area contributed by atoms with Gasteiger partial charge in [-0.1, -0.05) is 153 Å². The van der Waals surface area contributed by atoms with Crippen molar-refractivity contribution in [3.63, 3.8) is 0 Å². The quantitative estimate of drug-likeness (QED) is 0.0274. The third-order valence-corrected chi connectivity index (χ3v) is 20.8. The molecule has 6 N–H and O–H groups in total. The molecule has 0 saturated carbocycles. The van der Waals surface area contributed by atoms with Gasteiger partial charge < -0.3 is 30.7 Å². The first-order valence-corrected chi connectivity index (χ1v) is 36.4. The topological polar surface area (TPSA) is 348 Å². The number of para-hydroxylation sites is 2. The van der Waals surface area contributed by atoms with Gasteiger partial charge in [0.1, 0.15) is 64.6 Å². The largest absolute Gasteiger partial charge is 0.497 e. The van der Waals surface area contributed by atoms with E-state index in [-0.39, 0.29) is 34.8 Å². The Morgan fingerprint density at radius 2 is 0.596 bits per heavy atom. The third kappa shape index (κ3) is 21.3. The second-order valence-electron chi connectivity index (χ2n) is 19.3. The van der Waals surface area contributed by atoms with E-state index in [1.54, 1.807) is 38.5 Å². The number of hydrogen-bond donors (Lipinski definition) is 6. The Labute approximate surface area is 562 Å². The van der Waals surface area contributed by atoms with Gasteiger partial charge in [-0.3, -0.25) is 20.2 Å². The van der Waals surface area contributed by atoms with Crippen LogP contribution in [0.15, 0.2) is 182 Å². The molecule has 0 aliphatic carbocycles. The fourth-order valence-electron chi connectivity index (χ4n) is 7.85. The predicted octanol–water partition coefficient (Wildman–Crippen LogP) is 12.2. The first-order valence-electron chi connectivity index (χ1n) is 27.8. The van der Waals surface area contributed by atoms with Gasteiger partial charge in [0.05, 0.1) is 14.2 Å². The average Bonchev–Trinajstić information content (AvgIpc) is 3.18. The molecule has 0 fully saturated rings. The summed E-state index contributed by atoms with van der Waals surface area (Å²) in [4.78, 5) is 24.3. The highest BCUT2D eigenvalue weighted by Gasteiger charge is 2.22. The average molecular weight is 1410 g/mol. The number of benzene rings is 6. The normalized spacial score (nSPS) is 11.1. The van der Waals surface area contributed by atoms with Crippen LogP contribution in [0, 0.1) is 0 Å². The summed E-state index contributed by atoms with van der Waals surface area (Å²) in [5.74, 6) is 0.216. The lowest BCUT2D eigenvalue weighted by Crippen LogP contribution is -2.11. The number of aromatic nitrogens is 12. The van der Waals surface area contributed by atoms with Crippen LogP contribution in [-0.2, 0) is 55.5 Å². The van der Waals surface area contributed by atoms with E-state index < -0.39 is 19.7 Å². The van der Waals surface area contributed by atoms with Crippen LogP contribution in [-0.4, -0.2) is 104 Å². The van der Waals surface area contributed by atoms with Gasteiger partial charge in [0.2, 0.25) is 30.8 Å². The highest BCUT2D eigenvalue weighted by molar-refractivity contribution is 7.90. The second kappa shape index (κ2) is 33.1. The molecule has 0 radical (unpaired) electrons. The van der Waals surface area contributed by atoms with Crippen LogP contribution >= 0.6 is 68.0 Å². The van der Waals surface area contributed by atoms with Crippen LogP contribution in [0.2, 0.25) is 0 Å². The van der Waals surface area contributed by atoms with Gasteiger partial charge in [-0.15, -0.1) is 61.2 Å². The molecular weight excluding hydrogens is 1360 g/mol. The number of amides is 2. The number of hydrogen-bond acceptors (Lipinski definition) is 30. The van der Waals surface area contributed by atoms with Gasteiger partial charge in [0.25, 0.3) is 11.8 Å². The van der Waals surface area contributed by atoms with Crippen molar-refractivity contribution in [1.82, 2.24) is 61.2 Å². The molecule has 0 spiro atoms. The molecule has 12 aromatic rings. The molecule has 0 bridgehead atoms. The molecule has 12 rings (SSSR count). The van der Waals surface area contributed by atoms with Crippen LogP contribution in [0.1, 0.15) is 50.8 Å². The van der Waals surface area contributed by atoms with Crippen molar-refractivity contribution in [2.45, 2.75) is 35.9 Å². The molecule has 0 aliphatic heterocycles. The molecule has 94 heavy (non-hydrogen) atoms. The lowest BCUT2D eigenvalue weighted by Gasteiger charge is -2.03. The van der Waals surface area contributed by atoms with E-state index in [0.717, 1.165) is 44.3 Å². The molecular formula is C60H54N18O8S8. The monoisotopic (exact) mass is 1410 g/mol. The summed E-state index contributed by atoms with van der Waals surface area (Å²) < 4.78 is 60.7. The molecule has 6 aromatic carbocycles. The summed E-state index contributed by atoms with van der Waals surface area (Å²) in [6.45, 7) is 0. The minimum Gasteiger partial charge on any atom is -0.497 e. The minimum absolute atomic E-state index is 0.192. The van der Waals surface area contributed by atoms with E-state index in [9.17, 15) is 26.4 Å². The number of sulfone groups is 2. The van der Waals surface area contributed by atoms with Crippen LogP contribution in [0.3, 0.4) is 0 Å². The highest BCUT2D eigenvalue weighted by atomic mass is 32.2. The van der Waals surface area contributed by atoms with Gasteiger partial charge in [0, 0.05) is 46.7 Å². The molecule has 6 heterocycles.